The first-order chi connectivity index (χ1) is 8.66. The van der Waals surface area contributed by atoms with Crippen LogP contribution in [0.1, 0.15) is 21.5 Å². The van der Waals surface area contributed by atoms with Crippen LogP contribution in [0.15, 0.2) is 48.5 Å². The van der Waals surface area contributed by atoms with Crippen LogP contribution in [0.4, 0.5) is 5.69 Å². The van der Waals surface area contributed by atoms with Gasteiger partial charge in [0.25, 0.3) is 0 Å². The molecule has 0 bridgehead atoms. The zero-order chi connectivity index (χ0) is 13.0. The minimum atomic E-state index is 0.105. The Hall–Kier alpha value is -2.09. The first-order valence-corrected chi connectivity index (χ1v) is 6.06. The van der Waals surface area contributed by atoms with E-state index < -0.39 is 0 Å². The molecule has 0 saturated carbocycles. The molecule has 2 rings (SSSR count). The highest BCUT2D eigenvalue weighted by Crippen LogP contribution is 2.14. The molecule has 0 radical (unpaired) electrons. The lowest BCUT2D eigenvalue weighted by Gasteiger charge is -2.08. The van der Waals surface area contributed by atoms with E-state index >= 15 is 0 Å². The lowest BCUT2D eigenvalue weighted by molar-refractivity contribution is 0.101. The summed E-state index contributed by atoms with van der Waals surface area (Å²) < 4.78 is 0. The van der Waals surface area contributed by atoms with Crippen molar-refractivity contribution >= 4 is 11.5 Å². The lowest BCUT2D eigenvalue weighted by Crippen LogP contribution is -2.13. The van der Waals surface area contributed by atoms with Gasteiger partial charge in [0.2, 0.25) is 0 Å². The Labute approximate surface area is 108 Å². The Morgan fingerprint density at radius 1 is 1.00 bits per heavy atom. The highest BCUT2D eigenvalue weighted by molar-refractivity contribution is 5.98. The van der Waals surface area contributed by atoms with E-state index in [1.807, 2.05) is 36.4 Å². The smallest absolute Gasteiger partial charge is 0.181 e. The van der Waals surface area contributed by atoms with Crippen LogP contribution in [0.3, 0.4) is 0 Å². The number of nitrogens with one attached hydrogen (secondary N) is 1. The van der Waals surface area contributed by atoms with Crippen molar-refractivity contribution in [3.05, 3.63) is 65.2 Å². The predicted molar refractivity (Wildman–Crippen MR) is 75.2 cm³/mol. The number of hydrogen-bond donors (Lipinski definition) is 1. The summed E-state index contributed by atoms with van der Waals surface area (Å²) in [5.74, 6) is 0.105. The maximum atomic E-state index is 11.9. The summed E-state index contributed by atoms with van der Waals surface area (Å²) in [7, 11) is 0. The zero-order valence-electron chi connectivity index (χ0n) is 10.7. The molecule has 0 aliphatic heterocycles. The standard InChI is InChI=1S/C16H17NO/c1-12-8-9-15(10-13(12)2)17-11-16(18)14-6-4-3-5-7-14/h3-10,17H,11H2,1-2H3. The molecule has 0 aromatic heterocycles. The number of ketones is 1. The minimum Gasteiger partial charge on any atom is -0.378 e. The number of carbonyl (C=O) groups excluding carboxylic acids is 1. The van der Waals surface area contributed by atoms with Crippen molar-refractivity contribution in [3.8, 4) is 0 Å². The van der Waals surface area contributed by atoms with E-state index in [-0.39, 0.29) is 5.78 Å². The first kappa shape index (κ1) is 12.4. The van der Waals surface area contributed by atoms with Crippen LogP contribution in [0, 0.1) is 13.8 Å². The van der Waals surface area contributed by atoms with Crippen LogP contribution >= 0.6 is 0 Å². The normalized spacial score (nSPS) is 10.1. The Kier molecular flexibility index (Phi) is 3.78. The van der Waals surface area contributed by atoms with Crippen LogP contribution in [0.5, 0.6) is 0 Å². The quantitative estimate of drug-likeness (QED) is 0.826. The fraction of sp³-hybridized carbons (Fsp3) is 0.188. The molecule has 0 amide bonds. The molecule has 0 aliphatic carbocycles. The van der Waals surface area contributed by atoms with Crippen LogP contribution in [-0.4, -0.2) is 12.3 Å². The second kappa shape index (κ2) is 5.50. The molecule has 2 nitrogen and oxygen atoms in total. The third-order valence-electron chi connectivity index (χ3n) is 3.06. The fourth-order valence-electron chi connectivity index (χ4n) is 1.76. The SMILES string of the molecule is Cc1ccc(NCC(=O)c2ccccc2)cc1C. The van der Waals surface area contributed by atoms with Gasteiger partial charge in [-0.3, -0.25) is 4.79 Å². The van der Waals surface area contributed by atoms with Crippen LogP contribution < -0.4 is 5.32 Å². The van der Waals surface area contributed by atoms with Gasteiger partial charge in [0.05, 0.1) is 6.54 Å². The molecule has 0 aliphatic rings. The van der Waals surface area contributed by atoms with E-state index in [9.17, 15) is 4.79 Å². The average molecular weight is 239 g/mol. The van der Waals surface area contributed by atoms with E-state index in [2.05, 4.69) is 31.3 Å². The van der Waals surface area contributed by atoms with Crippen molar-refractivity contribution in [1.82, 2.24) is 0 Å². The summed E-state index contributed by atoms with van der Waals surface area (Å²) >= 11 is 0. The fourth-order valence-corrected chi connectivity index (χ4v) is 1.76. The second-order valence-electron chi connectivity index (χ2n) is 4.44. The van der Waals surface area contributed by atoms with Crippen LogP contribution in [0.25, 0.3) is 0 Å². The molecule has 0 saturated heterocycles. The Balaban J connectivity index is 1.99. The Morgan fingerprint density at radius 3 is 2.39 bits per heavy atom. The maximum Gasteiger partial charge on any atom is 0.181 e. The van der Waals surface area contributed by atoms with Crippen LogP contribution in [0.2, 0.25) is 0 Å². The number of aryl methyl sites for hydroxylation is 2. The van der Waals surface area contributed by atoms with E-state index in [4.69, 9.17) is 0 Å². The summed E-state index contributed by atoms with van der Waals surface area (Å²) in [4.78, 5) is 11.9. The average Bonchev–Trinajstić information content (AvgIpc) is 2.41. The van der Waals surface area contributed by atoms with E-state index in [1.54, 1.807) is 0 Å². The highest BCUT2D eigenvalue weighted by atomic mass is 16.1. The van der Waals surface area contributed by atoms with Gasteiger partial charge in [-0.25, -0.2) is 0 Å². The number of anilines is 1. The lowest BCUT2D eigenvalue weighted by atomic mass is 10.1. The van der Waals surface area contributed by atoms with Gasteiger partial charge in [0.15, 0.2) is 5.78 Å². The molecule has 1 N–H and O–H groups in total. The predicted octanol–water partition coefficient (Wildman–Crippen LogP) is 3.60. The molecule has 18 heavy (non-hydrogen) atoms. The molecule has 0 unspecified atom stereocenters. The summed E-state index contributed by atoms with van der Waals surface area (Å²) in [5, 5.41) is 3.16. The molecule has 92 valence electrons. The van der Waals surface area contributed by atoms with Crippen molar-refractivity contribution in [3.63, 3.8) is 0 Å². The van der Waals surface area contributed by atoms with Crippen LogP contribution in [-0.2, 0) is 0 Å². The molecule has 2 heteroatoms. The summed E-state index contributed by atoms with van der Waals surface area (Å²) in [5.41, 5.74) is 4.22. The van der Waals surface area contributed by atoms with E-state index in [0.29, 0.717) is 6.54 Å². The van der Waals surface area contributed by atoms with Crippen molar-refractivity contribution in [2.45, 2.75) is 13.8 Å². The molecule has 0 spiro atoms. The van der Waals surface area contributed by atoms with Gasteiger partial charge in [-0.2, -0.15) is 0 Å². The van der Waals surface area contributed by atoms with Crippen molar-refractivity contribution in [2.75, 3.05) is 11.9 Å². The molecule has 0 atom stereocenters. The molecule has 2 aromatic rings. The molecular formula is C16H17NO. The first-order valence-electron chi connectivity index (χ1n) is 6.06. The number of benzene rings is 2. The van der Waals surface area contributed by atoms with E-state index in [0.717, 1.165) is 11.3 Å². The molecule has 2 aromatic carbocycles. The monoisotopic (exact) mass is 239 g/mol. The molecule has 0 heterocycles. The second-order valence-corrected chi connectivity index (χ2v) is 4.44. The summed E-state index contributed by atoms with van der Waals surface area (Å²) in [6, 6.07) is 15.5. The number of hydrogen-bond acceptors (Lipinski definition) is 2. The zero-order valence-corrected chi connectivity index (χ0v) is 10.7. The van der Waals surface area contributed by atoms with Gasteiger partial charge in [0, 0.05) is 11.3 Å². The topological polar surface area (TPSA) is 29.1 Å². The Morgan fingerprint density at radius 2 is 1.72 bits per heavy atom. The largest absolute Gasteiger partial charge is 0.378 e. The summed E-state index contributed by atoms with van der Waals surface area (Å²) in [6.07, 6.45) is 0. The van der Waals surface area contributed by atoms with Gasteiger partial charge >= 0.3 is 0 Å². The number of rotatable bonds is 4. The van der Waals surface area contributed by atoms with Gasteiger partial charge < -0.3 is 5.32 Å². The number of carbonyl (C=O) groups is 1. The van der Waals surface area contributed by atoms with Crippen molar-refractivity contribution < 1.29 is 4.79 Å². The summed E-state index contributed by atoms with van der Waals surface area (Å²) in [6.45, 7) is 4.47. The minimum absolute atomic E-state index is 0.105. The maximum absolute atomic E-state index is 11.9. The van der Waals surface area contributed by atoms with Gasteiger partial charge in [-0.15, -0.1) is 0 Å². The van der Waals surface area contributed by atoms with Gasteiger partial charge in [-0.05, 0) is 37.1 Å². The van der Waals surface area contributed by atoms with Gasteiger partial charge in [-0.1, -0.05) is 36.4 Å². The molecular weight excluding hydrogens is 222 g/mol. The highest BCUT2D eigenvalue weighted by Gasteiger charge is 2.04. The van der Waals surface area contributed by atoms with E-state index in [1.165, 1.54) is 11.1 Å². The third kappa shape index (κ3) is 2.98. The van der Waals surface area contributed by atoms with Gasteiger partial charge in [0.1, 0.15) is 0 Å². The molecule has 0 fully saturated rings. The van der Waals surface area contributed by atoms with Crippen molar-refractivity contribution in [2.24, 2.45) is 0 Å². The Bertz CT molecular complexity index is 546. The third-order valence-corrected chi connectivity index (χ3v) is 3.06. The van der Waals surface area contributed by atoms with Crippen molar-refractivity contribution in [1.29, 1.82) is 0 Å². The number of Topliss-reactive ketones (excluding diaryl/α,β-unsaturated/α-hetero) is 1.